The minimum atomic E-state index is -0.394. The van der Waals surface area contributed by atoms with Crippen molar-refractivity contribution in [1.82, 2.24) is 5.43 Å². The third-order valence-corrected chi connectivity index (χ3v) is 7.51. The number of rotatable bonds is 20. The second kappa shape index (κ2) is 19.6. The minimum absolute atomic E-state index is 0.0587. The van der Waals surface area contributed by atoms with E-state index >= 15 is 0 Å². The molecule has 0 aliphatic carbocycles. The molecule has 0 bridgehead atoms. The SMILES string of the molecule is CCCCCCCCCCCCCCCCCC(=O)N/N=C\c1ccc(OC(=O)c2cccc3ccccc23)cc1. The van der Waals surface area contributed by atoms with Gasteiger partial charge in [0.25, 0.3) is 0 Å². The van der Waals surface area contributed by atoms with Crippen LogP contribution >= 0.6 is 0 Å². The molecule has 3 aromatic carbocycles. The molecule has 0 aliphatic rings. The maximum Gasteiger partial charge on any atom is 0.344 e. The molecular weight excluding hydrogens is 508 g/mol. The summed E-state index contributed by atoms with van der Waals surface area (Å²) >= 11 is 0. The van der Waals surface area contributed by atoms with Gasteiger partial charge in [-0.1, -0.05) is 133 Å². The number of amides is 1. The maximum absolute atomic E-state index is 12.7. The van der Waals surface area contributed by atoms with Crippen molar-refractivity contribution in [3.63, 3.8) is 0 Å². The number of nitrogens with one attached hydrogen (secondary N) is 1. The zero-order valence-electron chi connectivity index (χ0n) is 24.9. The van der Waals surface area contributed by atoms with Crippen molar-refractivity contribution in [2.24, 2.45) is 5.10 Å². The van der Waals surface area contributed by atoms with E-state index in [1.165, 1.54) is 83.5 Å². The number of carbonyl (C=O) groups is 2. The molecule has 41 heavy (non-hydrogen) atoms. The Morgan fingerprint density at radius 3 is 1.88 bits per heavy atom. The van der Waals surface area contributed by atoms with Crippen LogP contribution in [0.3, 0.4) is 0 Å². The molecular formula is C36H48N2O3. The molecule has 0 aromatic heterocycles. The zero-order valence-corrected chi connectivity index (χ0v) is 24.9. The molecule has 0 fully saturated rings. The summed E-state index contributed by atoms with van der Waals surface area (Å²) in [7, 11) is 0. The van der Waals surface area contributed by atoms with E-state index in [0.717, 1.165) is 29.2 Å². The lowest BCUT2D eigenvalue weighted by Gasteiger charge is -2.07. The lowest BCUT2D eigenvalue weighted by Crippen LogP contribution is -2.16. The van der Waals surface area contributed by atoms with E-state index in [1.807, 2.05) is 36.4 Å². The number of ether oxygens (including phenoxy) is 1. The fourth-order valence-electron chi connectivity index (χ4n) is 5.08. The number of hydrazone groups is 1. The van der Waals surface area contributed by atoms with Crippen molar-refractivity contribution in [1.29, 1.82) is 0 Å². The summed E-state index contributed by atoms with van der Waals surface area (Å²) in [4.78, 5) is 24.8. The van der Waals surface area contributed by atoms with Crippen LogP contribution in [0.25, 0.3) is 10.8 Å². The molecule has 1 N–H and O–H groups in total. The molecule has 3 rings (SSSR count). The molecule has 3 aromatic rings. The third-order valence-electron chi connectivity index (χ3n) is 7.51. The van der Waals surface area contributed by atoms with Gasteiger partial charge in [-0.2, -0.15) is 5.10 Å². The highest BCUT2D eigenvalue weighted by Crippen LogP contribution is 2.21. The maximum atomic E-state index is 12.7. The fourth-order valence-corrected chi connectivity index (χ4v) is 5.08. The van der Waals surface area contributed by atoms with E-state index in [4.69, 9.17) is 4.74 Å². The summed E-state index contributed by atoms with van der Waals surface area (Å²) in [5, 5.41) is 5.93. The number of fused-ring (bicyclic) bond motifs is 1. The Bertz CT molecular complexity index is 1200. The van der Waals surface area contributed by atoms with Crippen molar-refractivity contribution in [3.8, 4) is 5.75 Å². The molecule has 220 valence electrons. The normalized spacial score (nSPS) is 11.2. The Morgan fingerprint density at radius 1 is 0.683 bits per heavy atom. The molecule has 5 nitrogen and oxygen atoms in total. The van der Waals surface area contributed by atoms with Crippen LogP contribution in [0.1, 0.15) is 126 Å². The first-order valence-corrected chi connectivity index (χ1v) is 15.8. The van der Waals surface area contributed by atoms with Crippen molar-refractivity contribution >= 4 is 28.9 Å². The lowest BCUT2D eigenvalue weighted by molar-refractivity contribution is -0.121. The van der Waals surface area contributed by atoms with E-state index < -0.39 is 5.97 Å². The number of esters is 1. The Balaban J connectivity index is 1.21. The van der Waals surface area contributed by atoms with Gasteiger partial charge >= 0.3 is 5.97 Å². The minimum Gasteiger partial charge on any atom is -0.423 e. The van der Waals surface area contributed by atoms with Crippen LogP contribution in [0.5, 0.6) is 5.75 Å². The van der Waals surface area contributed by atoms with E-state index in [2.05, 4.69) is 17.5 Å². The van der Waals surface area contributed by atoms with Gasteiger partial charge in [-0.15, -0.1) is 0 Å². The third kappa shape index (κ3) is 12.7. The van der Waals surface area contributed by atoms with Crippen molar-refractivity contribution in [2.45, 2.75) is 110 Å². The highest BCUT2D eigenvalue weighted by Gasteiger charge is 2.12. The van der Waals surface area contributed by atoms with Gasteiger partial charge in [0.15, 0.2) is 0 Å². The predicted molar refractivity (Wildman–Crippen MR) is 171 cm³/mol. The van der Waals surface area contributed by atoms with E-state index in [-0.39, 0.29) is 5.91 Å². The lowest BCUT2D eigenvalue weighted by atomic mass is 10.0. The predicted octanol–water partition coefficient (Wildman–Crippen LogP) is 9.77. The molecule has 0 saturated heterocycles. The summed E-state index contributed by atoms with van der Waals surface area (Å²) in [6, 6.07) is 20.4. The van der Waals surface area contributed by atoms with E-state index in [1.54, 1.807) is 36.5 Å². The number of carbonyl (C=O) groups excluding carboxylic acids is 2. The molecule has 5 heteroatoms. The van der Waals surface area contributed by atoms with Crippen molar-refractivity contribution in [3.05, 3.63) is 77.9 Å². The number of hydrogen-bond acceptors (Lipinski definition) is 4. The standard InChI is InChI=1S/C36H48N2O3/c1-2-3-4-5-6-7-8-9-10-11-12-13-14-15-16-24-35(39)38-37-29-30-25-27-32(28-26-30)41-36(40)34-23-19-21-31-20-17-18-22-33(31)34/h17-23,25-29H,2-16,24H2,1H3,(H,38,39)/b37-29-. The van der Waals surface area contributed by atoms with Crippen LogP contribution < -0.4 is 10.2 Å². The summed E-state index contributed by atoms with van der Waals surface area (Å²) in [5.41, 5.74) is 3.95. The van der Waals surface area contributed by atoms with Gasteiger partial charge in [-0.3, -0.25) is 4.79 Å². The van der Waals surface area contributed by atoms with Crippen LogP contribution in [0.4, 0.5) is 0 Å². The van der Waals surface area contributed by atoms with Crippen LogP contribution in [-0.2, 0) is 4.79 Å². The Labute approximate surface area is 246 Å². The summed E-state index contributed by atoms with van der Waals surface area (Å²) in [6.07, 6.45) is 21.7. The highest BCUT2D eigenvalue weighted by molar-refractivity contribution is 6.05. The van der Waals surface area contributed by atoms with Gasteiger partial charge in [0.2, 0.25) is 5.91 Å². The number of hydrogen-bond donors (Lipinski definition) is 1. The Morgan fingerprint density at radius 2 is 1.24 bits per heavy atom. The quantitative estimate of drug-likeness (QED) is 0.0495. The molecule has 0 atom stereocenters. The first-order chi connectivity index (χ1) is 20.2. The molecule has 0 radical (unpaired) electrons. The fraction of sp³-hybridized carbons (Fsp3) is 0.472. The topological polar surface area (TPSA) is 67.8 Å². The van der Waals surface area contributed by atoms with Crippen LogP contribution in [0.15, 0.2) is 71.8 Å². The number of benzene rings is 3. The Kier molecular flexibility index (Phi) is 15.3. The molecule has 0 spiro atoms. The first-order valence-electron chi connectivity index (χ1n) is 15.8. The molecule has 0 unspecified atom stereocenters. The number of unbranched alkanes of at least 4 members (excludes halogenated alkanes) is 14. The van der Waals surface area contributed by atoms with Gasteiger partial charge in [-0.05, 0) is 53.1 Å². The zero-order chi connectivity index (χ0) is 29.0. The van der Waals surface area contributed by atoms with Gasteiger partial charge < -0.3 is 4.74 Å². The summed E-state index contributed by atoms with van der Waals surface area (Å²) < 4.78 is 5.57. The van der Waals surface area contributed by atoms with Crippen molar-refractivity contribution in [2.75, 3.05) is 0 Å². The van der Waals surface area contributed by atoms with Gasteiger partial charge in [0, 0.05) is 6.42 Å². The molecule has 0 heterocycles. The van der Waals surface area contributed by atoms with Crippen LogP contribution in [0.2, 0.25) is 0 Å². The van der Waals surface area contributed by atoms with E-state index in [0.29, 0.717) is 17.7 Å². The Hall–Kier alpha value is -3.47. The monoisotopic (exact) mass is 556 g/mol. The second-order valence-corrected chi connectivity index (χ2v) is 11.0. The van der Waals surface area contributed by atoms with Crippen molar-refractivity contribution < 1.29 is 14.3 Å². The molecule has 1 amide bonds. The summed E-state index contributed by atoms with van der Waals surface area (Å²) in [6.45, 7) is 2.27. The summed E-state index contributed by atoms with van der Waals surface area (Å²) in [5.74, 6) is 0.00292. The van der Waals surface area contributed by atoms with Crippen LogP contribution in [0, 0.1) is 0 Å². The van der Waals surface area contributed by atoms with E-state index in [9.17, 15) is 9.59 Å². The second-order valence-electron chi connectivity index (χ2n) is 11.0. The highest BCUT2D eigenvalue weighted by atomic mass is 16.5. The molecule has 0 aliphatic heterocycles. The largest absolute Gasteiger partial charge is 0.423 e. The van der Waals surface area contributed by atoms with Gasteiger partial charge in [-0.25, -0.2) is 10.2 Å². The number of nitrogens with zero attached hydrogens (tertiary/aromatic N) is 1. The average Bonchev–Trinajstić information content (AvgIpc) is 2.99. The van der Waals surface area contributed by atoms with Crippen LogP contribution in [-0.4, -0.2) is 18.1 Å². The average molecular weight is 557 g/mol. The first kappa shape index (κ1) is 32.0. The van der Waals surface area contributed by atoms with Gasteiger partial charge in [0.1, 0.15) is 5.75 Å². The smallest absolute Gasteiger partial charge is 0.344 e. The van der Waals surface area contributed by atoms with Gasteiger partial charge in [0.05, 0.1) is 11.8 Å². The molecule has 0 saturated carbocycles.